The Morgan fingerprint density at radius 2 is 2.00 bits per heavy atom. The van der Waals surface area contributed by atoms with Gasteiger partial charge in [-0.05, 0) is 18.2 Å². The maximum Gasteiger partial charge on any atom is 0.162 e. The molecule has 1 aliphatic rings. The van der Waals surface area contributed by atoms with Crippen LogP contribution in [-0.4, -0.2) is 26.3 Å². The van der Waals surface area contributed by atoms with Crippen LogP contribution in [0.2, 0.25) is 0 Å². The van der Waals surface area contributed by atoms with Crippen LogP contribution in [0.3, 0.4) is 0 Å². The topological polar surface area (TPSA) is 70.6 Å². The maximum atomic E-state index is 8.93. The van der Waals surface area contributed by atoms with Crippen molar-refractivity contribution in [2.45, 2.75) is 13.1 Å². The van der Waals surface area contributed by atoms with E-state index in [1.165, 1.54) is 0 Å². The van der Waals surface area contributed by atoms with E-state index >= 15 is 0 Å². The quantitative estimate of drug-likeness (QED) is 0.676. The summed E-state index contributed by atoms with van der Waals surface area (Å²) >= 11 is 0. The number of para-hydroxylation sites is 2. The minimum absolute atomic E-state index is 0.469. The first-order valence-corrected chi connectivity index (χ1v) is 6.77. The van der Waals surface area contributed by atoms with E-state index in [-0.39, 0.29) is 0 Å². The van der Waals surface area contributed by atoms with Gasteiger partial charge in [-0.2, -0.15) is 10.4 Å². The molecule has 0 fully saturated rings. The number of hydrogen-bond donors (Lipinski definition) is 0. The van der Waals surface area contributed by atoms with Gasteiger partial charge in [0.1, 0.15) is 11.9 Å². The molecule has 0 atom stereocenters. The minimum atomic E-state index is 0.469. The SMILES string of the molecule is N#Cc1cc2n(n1)CCN(c1cnc3ccccc3n1)C2. The van der Waals surface area contributed by atoms with Gasteiger partial charge in [-0.3, -0.25) is 9.67 Å². The zero-order chi connectivity index (χ0) is 14.2. The van der Waals surface area contributed by atoms with Crippen molar-refractivity contribution in [3.63, 3.8) is 0 Å². The number of rotatable bonds is 1. The van der Waals surface area contributed by atoms with E-state index in [1.54, 1.807) is 6.20 Å². The van der Waals surface area contributed by atoms with Crippen LogP contribution < -0.4 is 4.90 Å². The van der Waals surface area contributed by atoms with Crippen LogP contribution in [0.1, 0.15) is 11.4 Å². The molecule has 3 heterocycles. The van der Waals surface area contributed by atoms with Crippen molar-refractivity contribution in [1.82, 2.24) is 19.7 Å². The van der Waals surface area contributed by atoms with Crippen LogP contribution in [0.15, 0.2) is 36.5 Å². The second kappa shape index (κ2) is 4.56. The van der Waals surface area contributed by atoms with E-state index in [1.807, 2.05) is 35.0 Å². The average Bonchev–Trinajstić information content (AvgIpc) is 2.96. The molecular weight excluding hydrogens is 264 g/mol. The Morgan fingerprint density at radius 3 is 2.86 bits per heavy atom. The number of fused-ring (bicyclic) bond motifs is 2. The third-order valence-corrected chi connectivity index (χ3v) is 3.67. The molecule has 0 saturated heterocycles. The standard InChI is InChI=1S/C15H12N6/c16-8-11-7-12-10-20(5-6-21(12)19-11)15-9-17-13-3-1-2-4-14(13)18-15/h1-4,7,9H,5-6,10H2. The highest BCUT2D eigenvalue weighted by atomic mass is 15.3. The van der Waals surface area contributed by atoms with E-state index in [2.05, 4.69) is 26.0 Å². The van der Waals surface area contributed by atoms with Crippen LogP contribution in [0, 0.1) is 11.3 Å². The zero-order valence-electron chi connectivity index (χ0n) is 11.3. The Kier molecular flexibility index (Phi) is 2.57. The molecule has 0 bridgehead atoms. The van der Waals surface area contributed by atoms with Gasteiger partial charge in [-0.25, -0.2) is 4.98 Å². The van der Waals surface area contributed by atoms with Crippen LogP contribution in [0.25, 0.3) is 11.0 Å². The Bertz CT molecular complexity index is 860. The summed E-state index contributed by atoms with van der Waals surface area (Å²) in [5.74, 6) is 0.861. The zero-order valence-corrected chi connectivity index (χ0v) is 11.3. The molecule has 0 spiro atoms. The Labute approximate surface area is 121 Å². The molecule has 21 heavy (non-hydrogen) atoms. The number of nitriles is 1. The first-order chi connectivity index (χ1) is 10.3. The minimum Gasteiger partial charge on any atom is -0.348 e. The summed E-state index contributed by atoms with van der Waals surface area (Å²) in [5, 5.41) is 13.2. The van der Waals surface area contributed by atoms with Crippen molar-refractivity contribution in [1.29, 1.82) is 5.26 Å². The van der Waals surface area contributed by atoms with E-state index in [0.29, 0.717) is 12.2 Å². The monoisotopic (exact) mass is 276 g/mol. The fraction of sp³-hybridized carbons (Fsp3) is 0.200. The van der Waals surface area contributed by atoms with Gasteiger partial charge in [0, 0.05) is 6.54 Å². The van der Waals surface area contributed by atoms with Crippen molar-refractivity contribution in [3.8, 4) is 6.07 Å². The van der Waals surface area contributed by atoms with Crippen molar-refractivity contribution >= 4 is 16.9 Å². The molecule has 0 aliphatic carbocycles. The molecule has 3 aromatic rings. The second-order valence-electron chi connectivity index (χ2n) is 4.99. The van der Waals surface area contributed by atoms with Gasteiger partial charge in [-0.1, -0.05) is 12.1 Å². The van der Waals surface area contributed by atoms with Crippen LogP contribution in [0.5, 0.6) is 0 Å². The summed E-state index contributed by atoms with van der Waals surface area (Å²) in [6, 6.07) is 11.8. The Morgan fingerprint density at radius 1 is 1.14 bits per heavy atom. The van der Waals surface area contributed by atoms with Gasteiger partial charge >= 0.3 is 0 Å². The van der Waals surface area contributed by atoms with Gasteiger partial charge < -0.3 is 4.90 Å². The first kappa shape index (κ1) is 11.9. The fourth-order valence-corrected chi connectivity index (χ4v) is 2.62. The highest BCUT2D eigenvalue weighted by Gasteiger charge is 2.19. The molecule has 1 aliphatic heterocycles. The lowest BCUT2D eigenvalue weighted by Gasteiger charge is -2.28. The third kappa shape index (κ3) is 1.99. The van der Waals surface area contributed by atoms with Gasteiger partial charge in [-0.15, -0.1) is 0 Å². The molecule has 0 saturated carbocycles. The lowest BCUT2D eigenvalue weighted by Crippen LogP contribution is -2.34. The Balaban J connectivity index is 1.68. The highest BCUT2D eigenvalue weighted by molar-refractivity contribution is 5.75. The number of nitrogens with zero attached hydrogens (tertiary/aromatic N) is 6. The summed E-state index contributed by atoms with van der Waals surface area (Å²) in [7, 11) is 0. The molecule has 6 nitrogen and oxygen atoms in total. The van der Waals surface area contributed by atoms with Gasteiger partial charge in [0.25, 0.3) is 0 Å². The number of aromatic nitrogens is 4. The molecule has 0 N–H and O–H groups in total. The van der Waals surface area contributed by atoms with E-state index in [4.69, 9.17) is 5.26 Å². The predicted molar refractivity (Wildman–Crippen MR) is 77.5 cm³/mol. The predicted octanol–water partition coefficient (Wildman–Crippen LogP) is 1.72. The van der Waals surface area contributed by atoms with Gasteiger partial charge in [0.15, 0.2) is 5.69 Å². The molecule has 2 aromatic heterocycles. The number of hydrogen-bond acceptors (Lipinski definition) is 5. The first-order valence-electron chi connectivity index (χ1n) is 6.77. The van der Waals surface area contributed by atoms with Crippen molar-refractivity contribution in [2.24, 2.45) is 0 Å². The number of benzene rings is 1. The van der Waals surface area contributed by atoms with E-state index < -0.39 is 0 Å². The summed E-state index contributed by atoms with van der Waals surface area (Å²) in [6.07, 6.45) is 1.81. The second-order valence-corrected chi connectivity index (χ2v) is 4.99. The molecule has 4 rings (SSSR count). The lowest BCUT2D eigenvalue weighted by molar-refractivity contribution is 0.516. The largest absolute Gasteiger partial charge is 0.348 e. The van der Waals surface area contributed by atoms with E-state index in [0.717, 1.165) is 35.6 Å². The highest BCUT2D eigenvalue weighted by Crippen LogP contribution is 2.20. The van der Waals surface area contributed by atoms with Crippen LogP contribution >= 0.6 is 0 Å². The fourth-order valence-electron chi connectivity index (χ4n) is 2.62. The molecular formula is C15H12N6. The smallest absolute Gasteiger partial charge is 0.162 e. The Hall–Kier alpha value is -2.94. The molecule has 1 aromatic carbocycles. The summed E-state index contributed by atoms with van der Waals surface area (Å²) in [5.41, 5.74) is 3.30. The summed E-state index contributed by atoms with van der Waals surface area (Å²) in [6.45, 7) is 2.26. The average molecular weight is 276 g/mol. The molecule has 0 radical (unpaired) electrons. The molecule has 102 valence electrons. The maximum absolute atomic E-state index is 8.93. The molecule has 6 heteroatoms. The summed E-state index contributed by atoms with van der Waals surface area (Å²) < 4.78 is 1.89. The van der Waals surface area contributed by atoms with E-state index in [9.17, 15) is 0 Å². The molecule has 0 amide bonds. The van der Waals surface area contributed by atoms with Gasteiger partial charge in [0.05, 0.1) is 36.0 Å². The third-order valence-electron chi connectivity index (χ3n) is 3.67. The molecule has 0 unspecified atom stereocenters. The van der Waals surface area contributed by atoms with Gasteiger partial charge in [0.2, 0.25) is 0 Å². The normalized spacial score (nSPS) is 14.0. The van der Waals surface area contributed by atoms with Crippen LogP contribution in [-0.2, 0) is 13.1 Å². The van der Waals surface area contributed by atoms with Crippen molar-refractivity contribution in [2.75, 3.05) is 11.4 Å². The number of anilines is 1. The van der Waals surface area contributed by atoms with Crippen molar-refractivity contribution in [3.05, 3.63) is 47.9 Å². The lowest BCUT2D eigenvalue weighted by atomic mass is 10.2. The van der Waals surface area contributed by atoms with Crippen molar-refractivity contribution < 1.29 is 0 Å². The summed E-state index contributed by atoms with van der Waals surface area (Å²) in [4.78, 5) is 11.3. The van der Waals surface area contributed by atoms with Crippen LogP contribution in [0.4, 0.5) is 5.82 Å².